The zero-order valence-electron chi connectivity index (χ0n) is 12.3. The Labute approximate surface area is 112 Å². The molecule has 0 aliphatic rings. The Bertz CT molecular complexity index is 350. The molecule has 0 spiro atoms. The molecule has 0 radical (unpaired) electrons. The van der Waals surface area contributed by atoms with E-state index in [2.05, 4.69) is 50.0 Å². The smallest absolute Gasteiger partial charge is 0.128 e. The lowest BCUT2D eigenvalue weighted by Crippen LogP contribution is -2.25. The van der Waals surface area contributed by atoms with Crippen LogP contribution in [0.2, 0.25) is 0 Å². The number of aryl methyl sites for hydroxylation is 1. The largest absolute Gasteiger partial charge is 0.357 e. The molecule has 0 atom stereocenters. The highest BCUT2D eigenvalue weighted by atomic mass is 15.2. The van der Waals surface area contributed by atoms with E-state index >= 15 is 0 Å². The summed E-state index contributed by atoms with van der Waals surface area (Å²) in [5.41, 5.74) is 2.45. The number of nitrogens with one attached hydrogen (secondary N) is 1. The molecule has 0 bridgehead atoms. The summed E-state index contributed by atoms with van der Waals surface area (Å²) < 4.78 is 0. The molecule has 0 aliphatic carbocycles. The molecule has 18 heavy (non-hydrogen) atoms. The van der Waals surface area contributed by atoms with Crippen LogP contribution in [0.25, 0.3) is 0 Å². The normalized spacial score (nSPS) is 10.7. The van der Waals surface area contributed by atoms with Crippen molar-refractivity contribution in [3.05, 3.63) is 23.4 Å². The Kier molecular flexibility index (Phi) is 6.73. The molecule has 1 heterocycles. The van der Waals surface area contributed by atoms with Gasteiger partial charge in [-0.3, -0.25) is 0 Å². The van der Waals surface area contributed by atoms with E-state index in [4.69, 9.17) is 4.98 Å². The third kappa shape index (κ3) is 4.30. The molecule has 0 aliphatic heterocycles. The monoisotopic (exact) mass is 249 g/mol. The highest BCUT2D eigenvalue weighted by Crippen LogP contribution is 2.15. The number of aromatic nitrogens is 1. The zero-order valence-corrected chi connectivity index (χ0v) is 12.3. The van der Waals surface area contributed by atoms with Gasteiger partial charge in [0, 0.05) is 25.3 Å². The van der Waals surface area contributed by atoms with Gasteiger partial charge in [0.1, 0.15) is 5.82 Å². The van der Waals surface area contributed by atoms with Crippen LogP contribution in [0.4, 0.5) is 5.82 Å². The molecule has 0 saturated heterocycles. The average molecular weight is 249 g/mol. The first-order chi connectivity index (χ1) is 8.72. The fourth-order valence-electron chi connectivity index (χ4n) is 2.04. The summed E-state index contributed by atoms with van der Waals surface area (Å²) in [4.78, 5) is 7.06. The van der Waals surface area contributed by atoms with Crippen molar-refractivity contribution in [2.24, 2.45) is 0 Å². The van der Waals surface area contributed by atoms with Crippen LogP contribution in [0, 0.1) is 6.92 Å². The minimum Gasteiger partial charge on any atom is -0.357 e. The SMILES string of the molecule is CCCNCc1ccc(N(CC)CCC)nc1C. The fraction of sp³-hybridized carbons (Fsp3) is 0.667. The van der Waals surface area contributed by atoms with Crippen molar-refractivity contribution in [3.8, 4) is 0 Å². The van der Waals surface area contributed by atoms with Crippen molar-refractivity contribution in [2.75, 3.05) is 24.5 Å². The fourth-order valence-corrected chi connectivity index (χ4v) is 2.04. The van der Waals surface area contributed by atoms with Gasteiger partial charge in [-0.25, -0.2) is 4.98 Å². The minimum atomic E-state index is 0.923. The summed E-state index contributed by atoms with van der Waals surface area (Å²) in [6.45, 7) is 12.8. The van der Waals surface area contributed by atoms with Crippen molar-refractivity contribution < 1.29 is 0 Å². The second-order valence-electron chi connectivity index (χ2n) is 4.67. The van der Waals surface area contributed by atoms with Crippen molar-refractivity contribution in [3.63, 3.8) is 0 Å². The first-order valence-electron chi connectivity index (χ1n) is 7.15. The predicted molar refractivity (Wildman–Crippen MR) is 79.1 cm³/mol. The lowest BCUT2D eigenvalue weighted by molar-refractivity contribution is 0.670. The zero-order chi connectivity index (χ0) is 13.4. The first-order valence-corrected chi connectivity index (χ1v) is 7.15. The summed E-state index contributed by atoms with van der Waals surface area (Å²) in [7, 11) is 0. The van der Waals surface area contributed by atoms with Gasteiger partial charge in [-0.1, -0.05) is 19.9 Å². The van der Waals surface area contributed by atoms with Crippen LogP contribution < -0.4 is 10.2 Å². The van der Waals surface area contributed by atoms with Gasteiger partial charge in [-0.05, 0) is 44.9 Å². The van der Waals surface area contributed by atoms with Crippen LogP contribution in [0.3, 0.4) is 0 Å². The number of nitrogens with zero attached hydrogens (tertiary/aromatic N) is 2. The van der Waals surface area contributed by atoms with Crippen LogP contribution >= 0.6 is 0 Å². The molecule has 0 aromatic carbocycles. The van der Waals surface area contributed by atoms with Gasteiger partial charge in [0.15, 0.2) is 0 Å². The molecule has 102 valence electrons. The molecule has 1 aromatic heterocycles. The van der Waals surface area contributed by atoms with Gasteiger partial charge in [-0.15, -0.1) is 0 Å². The van der Waals surface area contributed by atoms with E-state index in [1.807, 2.05) is 0 Å². The number of pyridine rings is 1. The average Bonchev–Trinajstić information content (AvgIpc) is 2.38. The molecule has 1 N–H and O–H groups in total. The second-order valence-corrected chi connectivity index (χ2v) is 4.67. The van der Waals surface area contributed by atoms with Gasteiger partial charge in [0.2, 0.25) is 0 Å². The van der Waals surface area contributed by atoms with Gasteiger partial charge < -0.3 is 10.2 Å². The maximum Gasteiger partial charge on any atom is 0.128 e. The van der Waals surface area contributed by atoms with Gasteiger partial charge >= 0.3 is 0 Å². The number of anilines is 1. The molecule has 3 heteroatoms. The summed E-state index contributed by atoms with van der Waals surface area (Å²) in [6.07, 6.45) is 2.33. The Hall–Kier alpha value is -1.09. The topological polar surface area (TPSA) is 28.2 Å². The molecule has 0 saturated carbocycles. The highest BCUT2D eigenvalue weighted by molar-refractivity contribution is 5.41. The van der Waals surface area contributed by atoms with E-state index in [1.54, 1.807) is 0 Å². The van der Waals surface area contributed by atoms with Crippen LogP contribution in [0.5, 0.6) is 0 Å². The van der Waals surface area contributed by atoms with E-state index in [9.17, 15) is 0 Å². The Balaban J connectivity index is 2.71. The van der Waals surface area contributed by atoms with Crippen LogP contribution in [0.1, 0.15) is 44.9 Å². The summed E-state index contributed by atoms with van der Waals surface area (Å²) in [5, 5.41) is 3.43. The lowest BCUT2D eigenvalue weighted by Gasteiger charge is -2.22. The molecular weight excluding hydrogens is 222 g/mol. The van der Waals surface area contributed by atoms with Gasteiger partial charge in [-0.2, -0.15) is 0 Å². The standard InChI is InChI=1S/C15H27N3/c1-5-10-16-12-14-8-9-15(17-13(14)4)18(7-3)11-6-2/h8-9,16H,5-7,10-12H2,1-4H3. The summed E-state index contributed by atoms with van der Waals surface area (Å²) in [5.74, 6) is 1.11. The second kappa shape index (κ2) is 8.09. The number of hydrogen-bond acceptors (Lipinski definition) is 3. The first kappa shape index (κ1) is 15.0. The van der Waals surface area contributed by atoms with Crippen molar-refractivity contribution in [2.45, 2.75) is 47.1 Å². The molecule has 0 fully saturated rings. The van der Waals surface area contributed by atoms with Crippen LogP contribution in [-0.2, 0) is 6.54 Å². The molecular formula is C15H27N3. The molecule has 1 aromatic rings. The predicted octanol–water partition coefficient (Wildman–Crippen LogP) is 3.13. The molecule has 0 unspecified atom stereocenters. The Morgan fingerprint density at radius 1 is 1.17 bits per heavy atom. The Morgan fingerprint density at radius 2 is 1.94 bits per heavy atom. The summed E-state index contributed by atoms with van der Waals surface area (Å²) in [6, 6.07) is 4.35. The van der Waals surface area contributed by atoms with Crippen LogP contribution in [-0.4, -0.2) is 24.6 Å². The molecule has 1 rings (SSSR count). The van der Waals surface area contributed by atoms with Crippen LogP contribution in [0.15, 0.2) is 12.1 Å². The maximum absolute atomic E-state index is 4.73. The third-order valence-corrected chi connectivity index (χ3v) is 3.12. The highest BCUT2D eigenvalue weighted by Gasteiger charge is 2.07. The van der Waals surface area contributed by atoms with E-state index in [-0.39, 0.29) is 0 Å². The lowest BCUT2D eigenvalue weighted by atomic mass is 10.2. The van der Waals surface area contributed by atoms with Crippen molar-refractivity contribution in [1.29, 1.82) is 0 Å². The third-order valence-electron chi connectivity index (χ3n) is 3.12. The number of rotatable bonds is 8. The van der Waals surface area contributed by atoms with E-state index < -0.39 is 0 Å². The van der Waals surface area contributed by atoms with E-state index in [1.165, 1.54) is 12.0 Å². The maximum atomic E-state index is 4.73. The van der Waals surface area contributed by atoms with E-state index in [0.29, 0.717) is 0 Å². The van der Waals surface area contributed by atoms with Gasteiger partial charge in [0.05, 0.1) is 0 Å². The quantitative estimate of drug-likeness (QED) is 0.717. The van der Waals surface area contributed by atoms with Gasteiger partial charge in [0.25, 0.3) is 0 Å². The van der Waals surface area contributed by atoms with E-state index in [0.717, 1.165) is 44.1 Å². The minimum absolute atomic E-state index is 0.923. The van der Waals surface area contributed by atoms with Crippen molar-refractivity contribution in [1.82, 2.24) is 10.3 Å². The molecule has 3 nitrogen and oxygen atoms in total. The Morgan fingerprint density at radius 3 is 2.50 bits per heavy atom. The number of hydrogen-bond donors (Lipinski definition) is 1. The van der Waals surface area contributed by atoms with Crippen molar-refractivity contribution >= 4 is 5.82 Å². The summed E-state index contributed by atoms with van der Waals surface area (Å²) >= 11 is 0. The molecule has 0 amide bonds.